The molecule has 2 aromatic rings. The molecule has 0 aromatic heterocycles. The van der Waals surface area contributed by atoms with Crippen molar-refractivity contribution in [2.75, 3.05) is 46.1 Å². The fraction of sp³-hybridized carbons (Fsp3) is 0.458. The standard InChI is InChI=1S/C24H28N2O6S/c1-17-4-6-19(33(28,29)25-9-11-30-12-10-25)16-20(17)24(27)26-8-2-3-21(26)18-5-7-22-23(15-18)32-14-13-31-22/h4-7,15-16,21H,2-3,8-14H2,1H3/t21-/m1/s1. The molecule has 1 amide bonds. The fourth-order valence-electron chi connectivity index (χ4n) is 4.71. The second kappa shape index (κ2) is 8.96. The summed E-state index contributed by atoms with van der Waals surface area (Å²) in [5.41, 5.74) is 2.18. The van der Waals surface area contributed by atoms with Crippen molar-refractivity contribution in [3.8, 4) is 11.5 Å². The third-order valence-electron chi connectivity index (χ3n) is 6.51. The number of ether oxygens (including phenoxy) is 3. The number of aryl methyl sites for hydroxylation is 1. The number of morpholine rings is 1. The molecule has 0 N–H and O–H groups in total. The van der Waals surface area contributed by atoms with Crippen LogP contribution in [0.1, 0.15) is 40.4 Å². The summed E-state index contributed by atoms with van der Waals surface area (Å²) in [7, 11) is -3.68. The smallest absolute Gasteiger partial charge is 0.254 e. The van der Waals surface area contributed by atoms with Gasteiger partial charge in [0.1, 0.15) is 13.2 Å². The first-order chi connectivity index (χ1) is 15.9. The Kier molecular flexibility index (Phi) is 6.03. The zero-order valence-electron chi connectivity index (χ0n) is 18.7. The first-order valence-electron chi connectivity index (χ1n) is 11.3. The highest BCUT2D eigenvalue weighted by Crippen LogP contribution is 2.39. The molecule has 2 fully saturated rings. The second-order valence-electron chi connectivity index (χ2n) is 8.55. The van der Waals surface area contributed by atoms with Crippen LogP contribution >= 0.6 is 0 Å². The van der Waals surface area contributed by atoms with E-state index in [0.29, 0.717) is 57.4 Å². The van der Waals surface area contributed by atoms with E-state index in [1.807, 2.05) is 30.0 Å². The molecular formula is C24H28N2O6S. The zero-order valence-corrected chi connectivity index (χ0v) is 19.5. The number of likely N-dealkylation sites (tertiary alicyclic amines) is 1. The highest BCUT2D eigenvalue weighted by atomic mass is 32.2. The van der Waals surface area contributed by atoms with E-state index in [2.05, 4.69) is 0 Å². The summed E-state index contributed by atoms with van der Waals surface area (Å²) < 4.78 is 44.3. The number of benzene rings is 2. The molecule has 5 rings (SSSR count). The summed E-state index contributed by atoms with van der Waals surface area (Å²) in [5, 5.41) is 0. The Morgan fingerprint density at radius 1 is 0.939 bits per heavy atom. The van der Waals surface area contributed by atoms with E-state index in [1.54, 1.807) is 12.1 Å². The molecule has 0 radical (unpaired) electrons. The first kappa shape index (κ1) is 22.2. The van der Waals surface area contributed by atoms with Gasteiger partial charge in [0, 0.05) is 25.2 Å². The number of amides is 1. The van der Waals surface area contributed by atoms with Gasteiger partial charge in [-0.2, -0.15) is 4.31 Å². The summed E-state index contributed by atoms with van der Waals surface area (Å²) in [6.07, 6.45) is 1.73. The maximum Gasteiger partial charge on any atom is 0.254 e. The molecule has 1 atom stereocenters. The number of rotatable bonds is 4. The topological polar surface area (TPSA) is 85.4 Å². The predicted molar refractivity (Wildman–Crippen MR) is 121 cm³/mol. The molecule has 2 saturated heterocycles. The Balaban J connectivity index is 1.43. The summed E-state index contributed by atoms with van der Waals surface area (Å²) in [6.45, 7) is 4.89. The predicted octanol–water partition coefficient (Wildman–Crippen LogP) is 2.76. The van der Waals surface area contributed by atoms with Gasteiger partial charge in [0.05, 0.1) is 24.2 Å². The van der Waals surface area contributed by atoms with E-state index in [0.717, 1.165) is 29.7 Å². The van der Waals surface area contributed by atoms with E-state index in [-0.39, 0.29) is 16.8 Å². The van der Waals surface area contributed by atoms with Crippen LogP contribution in [-0.2, 0) is 14.8 Å². The van der Waals surface area contributed by atoms with Crippen molar-refractivity contribution < 1.29 is 27.4 Å². The minimum atomic E-state index is -3.68. The molecule has 0 spiro atoms. The molecular weight excluding hydrogens is 444 g/mol. The van der Waals surface area contributed by atoms with Crippen LogP contribution in [0.2, 0.25) is 0 Å². The number of hydrogen-bond acceptors (Lipinski definition) is 6. The van der Waals surface area contributed by atoms with Crippen LogP contribution in [0.3, 0.4) is 0 Å². The van der Waals surface area contributed by atoms with Gasteiger partial charge in [0.15, 0.2) is 11.5 Å². The molecule has 0 saturated carbocycles. The Bertz CT molecular complexity index is 1160. The van der Waals surface area contributed by atoms with E-state index < -0.39 is 10.0 Å². The summed E-state index contributed by atoms with van der Waals surface area (Å²) >= 11 is 0. The van der Waals surface area contributed by atoms with Gasteiger partial charge in [-0.1, -0.05) is 12.1 Å². The lowest BCUT2D eigenvalue weighted by Crippen LogP contribution is -2.40. The lowest BCUT2D eigenvalue weighted by Gasteiger charge is -2.28. The van der Waals surface area contributed by atoms with Crippen LogP contribution in [0.25, 0.3) is 0 Å². The van der Waals surface area contributed by atoms with Crippen LogP contribution in [0.5, 0.6) is 11.5 Å². The molecule has 3 aliphatic heterocycles. The Morgan fingerprint density at radius 2 is 1.70 bits per heavy atom. The number of nitrogens with zero attached hydrogens (tertiary/aromatic N) is 2. The van der Waals surface area contributed by atoms with E-state index in [1.165, 1.54) is 10.4 Å². The maximum atomic E-state index is 13.6. The van der Waals surface area contributed by atoms with Crippen molar-refractivity contribution in [3.63, 3.8) is 0 Å². The normalized spacial score (nSPS) is 21.2. The van der Waals surface area contributed by atoms with Gasteiger partial charge in [0.25, 0.3) is 5.91 Å². The van der Waals surface area contributed by atoms with Crippen LogP contribution in [-0.4, -0.2) is 69.6 Å². The summed E-state index contributed by atoms with van der Waals surface area (Å²) in [6, 6.07) is 10.6. The lowest BCUT2D eigenvalue weighted by molar-refractivity contribution is 0.0727. The average molecular weight is 473 g/mol. The third-order valence-corrected chi connectivity index (χ3v) is 8.41. The minimum absolute atomic E-state index is 0.0905. The molecule has 176 valence electrons. The van der Waals surface area contributed by atoms with Gasteiger partial charge in [-0.15, -0.1) is 0 Å². The van der Waals surface area contributed by atoms with E-state index in [4.69, 9.17) is 14.2 Å². The Hall–Kier alpha value is -2.62. The van der Waals surface area contributed by atoms with Crippen molar-refractivity contribution in [2.45, 2.75) is 30.7 Å². The Morgan fingerprint density at radius 3 is 2.48 bits per heavy atom. The Labute approximate surface area is 194 Å². The van der Waals surface area contributed by atoms with Gasteiger partial charge < -0.3 is 19.1 Å². The minimum Gasteiger partial charge on any atom is -0.486 e. The lowest BCUT2D eigenvalue weighted by atomic mass is 10.0. The van der Waals surface area contributed by atoms with Gasteiger partial charge in [-0.25, -0.2) is 8.42 Å². The van der Waals surface area contributed by atoms with Crippen molar-refractivity contribution in [3.05, 3.63) is 53.1 Å². The van der Waals surface area contributed by atoms with E-state index >= 15 is 0 Å². The summed E-state index contributed by atoms with van der Waals surface area (Å²) in [5.74, 6) is 1.27. The highest BCUT2D eigenvalue weighted by Gasteiger charge is 2.33. The second-order valence-corrected chi connectivity index (χ2v) is 10.5. The van der Waals surface area contributed by atoms with Crippen LogP contribution in [0.15, 0.2) is 41.3 Å². The SMILES string of the molecule is Cc1ccc(S(=O)(=O)N2CCOCC2)cc1C(=O)N1CCC[C@@H]1c1ccc2c(c1)OCCO2. The van der Waals surface area contributed by atoms with Crippen LogP contribution in [0.4, 0.5) is 0 Å². The average Bonchev–Trinajstić information content (AvgIpc) is 3.34. The largest absolute Gasteiger partial charge is 0.486 e. The first-order valence-corrected chi connectivity index (χ1v) is 12.8. The van der Waals surface area contributed by atoms with Crippen molar-refractivity contribution >= 4 is 15.9 Å². The maximum absolute atomic E-state index is 13.6. The molecule has 3 heterocycles. The molecule has 33 heavy (non-hydrogen) atoms. The number of fused-ring (bicyclic) bond motifs is 1. The van der Waals surface area contributed by atoms with Gasteiger partial charge in [0.2, 0.25) is 10.0 Å². The summed E-state index contributed by atoms with van der Waals surface area (Å²) in [4.78, 5) is 15.6. The molecule has 3 aliphatic rings. The molecule has 9 heteroatoms. The quantitative estimate of drug-likeness (QED) is 0.680. The molecule has 2 aromatic carbocycles. The number of sulfonamides is 1. The van der Waals surface area contributed by atoms with Gasteiger partial charge in [-0.05, 0) is 55.2 Å². The molecule has 0 bridgehead atoms. The van der Waals surface area contributed by atoms with Crippen molar-refractivity contribution in [1.29, 1.82) is 0 Å². The number of hydrogen-bond donors (Lipinski definition) is 0. The monoisotopic (exact) mass is 472 g/mol. The van der Waals surface area contributed by atoms with E-state index in [9.17, 15) is 13.2 Å². The third kappa shape index (κ3) is 4.20. The molecule has 0 aliphatic carbocycles. The highest BCUT2D eigenvalue weighted by molar-refractivity contribution is 7.89. The zero-order chi connectivity index (χ0) is 23.0. The molecule has 8 nitrogen and oxygen atoms in total. The van der Waals surface area contributed by atoms with Crippen molar-refractivity contribution in [1.82, 2.24) is 9.21 Å². The van der Waals surface area contributed by atoms with Gasteiger partial charge in [-0.3, -0.25) is 4.79 Å². The molecule has 0 unspecified atom stereocenters. The van der Waals surface area contributed by atoms with Crippen LogP contribution < -0.4 is 9.47 Å². The van der Waals surface area contributed by atoms with Crippen molar-refractivity contribution in [2.24, 2.45) is 0 Å². The number of carbonyl (C=O) groups is 1. The van der Waals surface area contributed by atoms with Crippen LogP contribution in [0, 0.1) is 6.92 Å². The number of carbonyl (C=O) groups excluding carboxylic acids is 1. The fourth-order valence-corrected chi connectivity index (χ4v) is 6.14. The van der Waals surface area contributed by atoms with Gasteiger partial charge >= 0.3 is 0 Å².